The number of nitrogens with zero attached hydrogens (tertiary/aromatic N) is 2. The van der Waals surface area contributed by atoms with Crippen LogP contribution in [0.1, 0.15) is 23.3 Å². The third kappa shape index (κ3) is 2.84. The van der Waals surface area contributed by atoms with E-state index in [1.54, 1.807) is 23.7 Å². The van der Waals surface area contributed by atoms with Gasteiger partial charge in [0.1, 0.15) is 17.3 Å². The molecule has 25 heavy (non-hydrogen) atoms. The number of nitrogens with one attached hydrogen (secondary N) is 1. The molecule has 1 N–H and O–H groups in total. The topological polar surface area (TPSA) is 37.3 Å². The van der Waals surface area contributed by atoms with Gasteiger partial charge in [0.25, 0.3) is 5.91 Å². The molecule has 0 spiro atoms. The molecule has 3 aliphatic rings. The Morgan fingerprint density at radius 1 is 1.12 bits per heavy atom. The van der Waals surface area contributed by atoms with E-state index in [0.717, 1.165) is 32.5 Å². The van der Waals surface area contributed by atoms with Gasteiger partial charge < -0.3 is 14.8 Å². The molecule has 2 bridgehead atoms. The lowest BCUT2D eigenvalue weighted by Gasteiger charge is -2.44. The van der Waals surface area contributed by atoms with Gasteiger partial charge in [-0.15, -0.1) is 0 Å². The first-order valence-corrected chi connectivity index (χ1v) is 8.68. The van der Waals surface area contributed by atoms with Crippen LogP contribution < -0.4 is 5.32 Å². The van der Waals surface area contributed by atoms with Crippen molar-refractivity contribution in [1.29, 1.82) is 0 Å². The molecule has 1 atom stereocenters. The zero-order valence-electron chi connectivity index (χ0n) is 14.1. The van der Waals surface area contributed by atoms with Gasteiger partial charge >= 0.3 is 0 Å². The van der Waals surface area contributed by atoms with E-state index >= 15 is 0 Å². The van der Waals surface area contributed by atoms with Gasteiger partial charge in [-0.25, -0.2) is 8.78 Å². The fourth-order valence-corrected chi connectivity index (χ4v) is 4.10. The van der Waals surface area contributed by atoms with Crippen LogP contribution in [-0.2, 0) is 7.05 Å². The summed E-state index contributed by atoms with van der Waals surface area (Å²) >= 11 is 0. The van der Waals surface area contributed by atoms with Gasteiger partial charge in [-0.3, -0.25) is 4.79 Å². The smallest absolute Gasteiger partial charge is 0.268 e. The second-order valence-corrected chi connectivity index (χ2v) is 6.98. The number of benzene rings is 1. The molecule has 2 aromatic rings. The Hall–Kier alpha value is -2.21. The van der Waals surface area contributed by atoms with Crippen molar-refractivity contribution in [2.24, 2.45) is 13.0 Å². The van der Waals surface area contributed by atoms with E-state index in [-0.39, 0.29) is 17.5 Å². The van der Waals surface area contributed by atoms with Crippen molar-refractivity contribution in [2.75, 3.05) is 19.6 Å². The molecule has 0 unspecified atom stereocenters. The van der Waals surface area contributed by atoms with Gasteiger partial charge in [0, 0.05) is 19.6 Å². The molecule has 6 heteroatoms. The van der Waals surface area contributed by atoms with Gasteiger partial charge in [-0.05, 0) is 56.1 Å². The molecule has 3 aliphatic heterocycles. The minimum Gasteiger partial charge on any atom is -0.346 e. The molecule has 0 radical (unpaired) electrons. The van der Waals surface area contributed by atoms with E-state index in [1.165, 1.54) is 18.2 Å². The molecule has 4 nitrogen and oxygen atoms in total. The average molecular weight is 345 g/mol. The predicted octanol–water partition coefficient (Wildman–Crippen LogP) is 2.79. The molecule has 5 rings (SSSR count). The van der Waals surface area contributed by atoms with Gasteiger partial charge in [-0.1, -0.05) is 6.07 Å². The van der Waals surface area contributed by atoms with E-state index in [4.69, 9.17) is 0 Å². The van der Waals surface area contributed by atoms with Crippen LogP contribution in [0.2, 0.25) is 0 Å². The Morgan fingerprint density at radius 2 is 1.80 bits per heavy atom. The summed E-state index contributed by atoms with van der Waals surface area (Å²) in [7, 11) is 1.66. The normalized spacial score (nSPS) is 25.2. The lowest BCUT2D eigenvalue weighted by molar-refractivity contribution is 0.0616. The lowest BCUT2D eigenvalue weighted by atomic mass is 9.84. The monoisotopic (exact) mass is 345 g/mol. The van der Waals surface area contributed by atoms with E-state index in [2.05, 4.69) is 10.2 Å². The zero-order valence-corrected chi connectivity index (χ0v) is 14.1. The number of halogens is 2. The van der Waals surface area contributed by atoms with Crippen molar-refractivity contribution in [1.82, 2.24) is 14.8 Å². The third-order valence-corrected chi connectivity index (χ3v) is 5.55. The standard InChI is InChI=1S/C19H21F2N3O/c1-23-16(18-13(20)3-2-4-14(18)21)5-6-17(23)19(25)22-15-11-24-9-7-12(15)8-10-24/h2-6,12,15H,7-11H2,1H3,(H,22,25)/t15-/m0/s1. The number of aromatic nitrogens is 1. The van der Waals surface area contributed by atoms with Gasteiger partial charge in [0.05, 0.1) is 11.3 Å². The van der Waals surface area contributed by atoms with E-state index in [9.17, 15) is 13.6 Å². The number of amides is 1. The first-order valence-electron chi connectivity index (χ1n) is 8.68. The highest BCUT2D eigenvalue weighted by Crippen LogP contribution is 2.29. The summed E-state index contributed by atoms with van der Waals surface area (Å²) in [6, 6.07) is 7.14. The Morgan fingerprint density at radius 3 is 2.40 bits per heavy atom. The summed E-state index contributed by atoms with van der Waals surface area (Å²) in [5, 5.41) is 3.11. The summed E-state index contributed by atoms with van der Waals surface area (Å²) in [5.74, 6) is -0.932. The van der Waals surface area contributed by atoms with Crippen LogP contribution in [0.25, 0.3) is 11.3 Å². The van der Waals surface area contributed by atoms with Crippen molar-refractivity contribution in [3.05, 3.63) is 47.7 Å². The number of fused-ring (bicyclic) bond motifs is 3. The first-order chi connectivity index (χ1) is 12.0. The maximum atomic E-state index is 14.0. The van der Waals surface area contributed by atoms with Crippen LogP contribution in [0.3, 0.4) is 0 Å². The van der Waals surface area contributed by atoms with Crippen LogP contribution in [-0.4, -0.2) is 41.1 Å². The Labute approximate surface area is 145 Å². The molecule has 1 aromatic carbocycles. The molecule has 0 aliphatic carbocycles. The van der Waals surface area contributed by atoms with Crippen molar-refractivity contribution >= 4 is 5.91 Å². The number of carbonyl (C=O) groups is 1. The van der Waals surface area contributed by atoms with E-state index in [1.807, 2.05) is 0 Å². The molecule has 1 aromatic heterocycles. The number of carbonyl (C=O) groups excluding carboxylic acids is 1. The van der Waals surface area contributed by atoms with Crippen LogP contribution in [0.15, 0.2) is 30.3 Å². The largest absolute Gasteiger partial charge is 0.346 e. The average Bonchev–Trinajstić information content (AvgIpc) is 2.97. The molecule has 1 amide bonds. The van der Waals surface area contributed by atoms with Crippen molar-refractivity contribution in [3.63, 3.8) is 0 Å². The maximum absolute atomic E-state index is 14.0. The Kier molecular flexibility index (Phi) is 4.07. The van der Waals surface area contributed by atoms with Gasteiger partial charge in [0.15, 0.2) is 0 Å². The summed E-state index contributed by atoms with van der Waals surface area (Å²) in [6.45, 7) is 3.10. The molecular formula is C19H21F2N3O. The first kappa shape index (κ1) is 16.3. The predicted molar refractivity (Wildman–Crippen MR) is 91.2 cm³/mol. The summed E-state index contributed by atoms with van der Waals surface area (Å²) in [6.07, 6.45) is 2.23. The summed E-state index contributed by atoms with van der Waals surface area (Å²) < 4.78 is 29.6. The highest BCUT2D eigenvalue weighted by atomic mass is 19.1. The summed E-state index contributed by atoms with van der Waals surface area (Å²) in [4.78, 5) is 15.1. The second-order valence-electron chi connectivity index (χ2n) is 6.98. The summed E-state index contributed by atoms with van der Waals surface area (Å²) in [5.41, 5.74) is 0.663. The molecule has 4 heterocycles. The lowest BCUT2D eigenvalue weighted by Crippen LogP contribution is -2.57. The fraction of sp³-hybridized carbons (Fsp3) is 0.421. The molecule has 3 fully saturated rings. The third-order valence-electron chi connectivity index (χ3n) is 5.55. The van der Waals surface area contributed by atoms with Crippen LogP contribution in [0.5, 0.6) is 0 Å². The van der Waals surface area contributed by atoms with Crippen molar-refractivity contribution < 1.29 is 13.6 Å². The quantitative estimate of drug-likeness (QED) is 0.929. The Bertz CT molecular complexity index is 789. The van der Waals surface area contributed by atoms with Crippen molar-refractivity contribution in [3.8, 4) is 11.3 Å². The van der Waals surface area contributed by atoms with Gasteiger partial charge in [-0.2, -0.15) is 0 Å². The SMILES string of the molecule is Cn1c(C(=O)N[C@H]2CN3CCC2CC3)ccc1-c1c(F)cccc1F. The van der Waals surface area contributed by atoms with E-state index < -0.39 is 11.6 Å². The van der Waals surface area contributed by atoms with Crippen LogP contribution in [0, 0.1) is 17.6 Å². The highest BCUT2D eigenvalue weighted by molar-refractivity contribution is 5.94. The minimum atomic E-state index is -0.634. The van der Waals surface area contributed by atoms with Crippen LogP contribution in [0.4, 0.5) is 8.78 Å². The van der Waals surface area contributed by atoms with E-state index in [0.29, 0.717) is 17.3 Å². The second kappa shape index (κ2) is 6.26. The highest BCUT2D eigenvalue weighted by Gasteiger charge is 2.35. The van der Waals surface area contributed by atoms with Crippen LogP contribution >= 0.6 is 0 Å². The Balaban J connectivity index is 1.58. The number of hydrogen-bond acceptors (Lipinski definition) is 2. The maximum Gasteiger partial charge on any atom is 0.268 e. The minimum absolute atomic E-state index is 0.105. The molecule has 132 valence electrons. The fourth-order valence-electron chi connectivity index (χ4n) is 4.10. The molecular weight excluding hydrogens is 324 g/mol. The van der Waals surface area contributed by atoms with Gasteiger partial charge in [0.2, 0.25) is 0 Å². The number of rotatable bonds is 3. The number of piperidine rings is 3. The number of hydrogen-bond donors (Lipinski definition) is 1. The molecule has 0 saturated carbocycles. The van der Waals surface area contributed by atoms with Crippen molar-refractivity contribution in [2.45, 2.75) is 18.9 Å². The molecule has 3 saturated heterocycles. The zero-order chi connectivity index (χ0) is 17.6.